The fraction of sp³-hybridized carbons (Fsp3) is 0. The van der Waals surface area contributed by atoms with Crippen molar-refractivity contribution < 1.29 is 18.3 Å². The Kier molecular flexibility index (Phi) is 2.35. The predicted octanol–water partition coefficient (Wildman–Crippen LogP) is 0.736. The maximum Gasteiger partial charge on any atom is 0.311 e. The summed E-state index contributed by atoms with van der Waals surface area (Å²) in [6.07, 6.45) is 0. The Morgan fingerprint density at radius 3 is 2.69 bits per heavy atom. The molecule has 0 atom stereocenters. The van der Waals surface area contributed by atoms with E-state index in [1.165, 1.54) is 0 Å². The normalized spacial score (nSPS) is 10.4. The summed E-state index contributed by atoms with van der Waals surface area (Å²) in [6.45, 7) is 0.0171. The number of carbonyl (C=O) groups excluding carboxylic acids is 1. The van der Waals surface area contributed by atoms with E-state index in [9.17, 15) is 18.4 Å². The van der Waals surface area contributed by atoms with Crippen LogP contribution in [0, 0.1) is 11.6 Å². The molecule has 0 aliphatic rings. The van der Waals surface area contributed by atoms with Crippen molar-refractivity contribution in [2.75, 3.05) is 0 Å². The quantitative estimate of drug-likeness (QED) is 0.766. The highest BCUT2D eigenvalue weighted by Gasteiger charge is 2.09. The molecule has 7 heteroatoms. The van der Waals surface area contributed by atoms with Crippen LogP contribution in [0.2, 0.25) is 0 Å². The average molecular weight is 226 g/mol. The molecule has 0 saturated heterocycles. The second-order valence-corrected chi connectivity index (χ2v) is 2.87. The number of benzene rings is 1. The summed E-state index contributed by atoms with van der Waals surface area (Å²) in [5, 5.41) is 0. The molecule has 0 unspecified atom stereocenters. The lowest BCUT2D eigenvalue weighted by Crippen LogP contribution is -2.12. The van der Waals surface area contributed by atoms with Gasteiger partial charge in [0.1, 0.15) is 0 Å². The largest absolute Gasteiger partial charge is 0.404 e. The lowest BCUT2D eigenvalue weighted by Gasteiger charge is -2.00. The van der Waals surface area contributed by atoms with E-state index >= 15 is 0 Å². The van der Waals surface area contributed by atoms with E-state index in [0.717, 1.165) is 12.1 Å². The van der Waals surface area contributed by atoms with Gasteiger partial charge in [0.05, 0.1) is 11.0 Å². The van der Waals surface area contributed by atoms with Gasteiger partial charge in [-0.3, -0.25) is 9.59 Å². The molecule has 1 aromatic carbocycles. The number of nitrogens with zero attached hydrogens (tertiary/aromatic N) is 1. The summed E-state index contributed by atoms with van der Waals surface area (Å²) in [6, 6.07) is 1.59. The number of aromatic nitrogens is 2. The van der Waals surface area contributed by atoms with Crippen molar-refractivity contribution in [2.45, 2.75) is 0 Å². The van der Waals surface area contributed by atoms with Crippen molar-refractivity contribution in [1.29, 1.82) is 0 Å². The van der Waals surface area contributed by atoms with Gasteiger partial charge < -0.3 is 9.72 Å². The molecule has 1 heterocycles. The topological polar surface area (TPSA) is 72.0 Å². The van der Waals surface area contributed by atoms with Crippen LogP contribution in [0.25, 0.3) is 11.0 Å². The number of hydrogen-bond acceptors (Lipinski definition) is 4. The van der Waals surface area contributed by atoms with Gasteiger partial charge in [0, 0.05) is 12.1 Å². The number of fused-ring (bicyclic) bond motifs is 1. The number of ether oxygens (including phenoxy) is 1. The number of aromatic amines is 1. The Morgan fingerprint density at radius 1 is 1.31 bits per heavy atom. The van der Waals surface area contributed by atoms with Gasteiger partial charge in [-0.05, 0) is 0 Å². The van der Waals surface area contributed by atoms with Crippen molar-refractivity contribution >= 4 is 17.5 Å². The number of hydrogen-bond donors (Lipinski definition) is 1. The molecule has 0 radical (unpaired) electrons. The zero-order valence-corrected chi connectivity index (χ0v) is 7.66. The Hall–Kier alpha value is -2.31. The maximum atomic E-state index is 12.8. The van der Waals surface area contributed by atoms with Crippen LogP contribution < -0.4 is 10.3 Å². The Labute approximate surface area is 86.7 Å². The minimum absolute atomic E-state index is 0.0159. The number of halogens is 2. The summed E-state index contributed by atoms with van der Waals surface area (Å²) in [5.41, 5.74) is -0.803. The Balaban J connectivity index is 2.74. The molecule has 0 bridgehead atoms. The van der Waals surface area contributed by atoms with E-state index in [0.29, 0.717) is 0 Å². The number of carbonyl (C=O) groups is 1. The summed E-state index contributed by atoms with van der Waals surface area (Å²) in [5.74, 6) is -2.73. The molecule has 0 fully saturated rings. The van der Waals surface area contributed by atoms with Crippen molar-refractivity contribution in [2.24, 2.45) is 0 Å². The fourth-order valence-electron chi connectivity index (χ4n) is 1.19. The third-order valence-corrected chi connectivity index (χ3v) is 1.86. The summed E-state index contributed by atoms with van der Waals surface area (Å²) < 4.78 is 29.9. The second-order valence-electron chi connectivity index (χ2n) is 2.87. The highest BCUT2D eigenvalue weighted by Crippen LogP contribution is 2.14. The Bertz CT molecular complexity index is 624. The molecule has 0 spiro atoms. The first-order valence-electron chi connectivity index (χ1n) is 4.11. The van der Waals surface area contributed by atoms with Gasteiger partial charge in [-0.25, -0.2) is 13.8 Å². The van der Waals surface area contributed by atoms with Crippen LogP contribution in [0.5, 0.6) is 5.88 Å². The van der Waals surface area contributed by atoms with Crippen LogP contribution in [-0.2, 0) is 4.79 Å². The average Bonchev–Trinajstić information content (AvgIpc) is 2.23. The first-order valence-corrected chi connectivity index (χ1v) is 4.11. The third-order valence-electron chi connectivity index (χ3n) is 1.86. The molecular formula is C9H4F2N2O3. The summed E-state index contributed by atoms with van der Waals surface area (Å²) in [7, 11) is 0. The van der Waals surface area contributed by atoms with E-state index in [-0.39, 0.29) is 17.5 Å². The highest BCUT2D eigenvalue weighted by molar-refractivity contribution is 5.74. The number of H-pyrrole nitrogens is 1. The molecule has 2 rings (SSSR count). The van der Waals surface area contributed by atoms with Crippen LogP contribution in [0.1, 0.15) is 0 Å². The molecule has 1 aromatic heterocycles. The molecule has 0 aliphatic heterocycles. The monoisotopic (exact) mass is 226 g/mol. The molecule has 2 aromatic rings. The van der Waals surface area contributed by atoms with Gasteiger partial charge >= 0.3 is 5.56 Å². The van der Waals surface area contributed by atoms with Crippen molar-refractivity contribution in [1.82, 2.24) is 9.97 Å². The van der Waals surface area contributed by atoms with Crippen molar-refractivity contribution in [3.8, 4) is 5.88 Å². The maximum absolute atomic E-state index is 12.8. The van der Waals surface area contributed by atoms with E-state index in [2.05, 4.69) is 14.7 Å². The SMILES string of the molecule is O=COc1nc2cc(F)c(F)cc2[nH]c1=O. The van der Waals surface area contributed by atoms with Gasteiger partial charge in [-0.1, -0.05) is 0 Å². The number of rotatable bonds is 2. The third kappa shape index (κ3) is 1.62. The van der Waals surface area contributed by atoms with Crippen molar-refractivity contribution in [3.05, 3.63) is 34.1 Å². The standard InChI is InChI=1S/C9H4F2N2O3/c10-4-1-6-7(2-5(4)11)13-9(16-3-14)8(15)12-6/h1-3H,(H,12,15). The molecule has 0 saturated carbocycles. The minimum Gasteiger partial charge on any atom is -0.404 e. The second kappa shape index (κ2) is 3.69. The minimum atomic E-state index is -1.11. The van der Waals surface area contributed by atoms with E-state index < -0.39 is 23.1 Å². The van der Waals surface area contributed by atoms with Crippen LogP contribution in [0.4, 0.5) is 8.78 Å². The lowest BCUT2D eigenvalue weighted by atomic mass is 10.3. The molecule has 0 amide bonds. The number of nitrogens with one attached hydrogen (secondary N) is 1. The van der Waals surface area contributed by atoms with Crippen LogP contribution in [0.3, 0.4) is 0 Å². The lowest BCUT2D eigenvalue weighted by molar-refractivity contribution is -0.121. The van der Waals surface area contributed by atoms with Crippen molar-refractivity contribution in [3.63, 3.8) is 0 Å². The highest BCUT2D eigenvalue weighted by atomic mass is 19.2. The van der Waals surface area contributed by atoms with Crippen LogP contribution in [-0.4, -0.2) is 16.4 Å². The van der Waals surface area contributed by atoms with Crippen LogP contribution in [0.15, 0.2) is 16.9 Å². The van der Waals surface area contributed by atoms with Crippen LogP contribution >= 0.6 is 0 Å². The first-order chi connectivity index (χ1) is 7.61. The molecule has 0 aliphatic carbocycles. The fourth-order valence-corrected chi connectivity index (χ4v) is 1.19. The smallest absolute Gasteiger partial charge is 0.311 e. The first kappa shape index (κ1) is 10.2. The van der Waals surface area contributed by atoms with Gasteiger partial charge in [-0.15, -0.1) is 0 Å². The van der Waals surface area contributed by atoms with E-state index in [1.54, 1.807) is 0 Å². The molecule has 1 N–H and O–H groups in total. The van der Waals surface area contributed by atoms with Gasteiger partial charge in [-0.2, -0.15) is 0 Å². The molecule has 82 valence electrons. The van der Waals surface area contributed by atoms with Gasteiger partial charge in [0.15, 0.2) is 11.6 Å². The molecule has 16 heavy (non-hydrogen) atoms. The predicted molar refractivity (Wildman–Crippen MR) is 49.0 cm³/mol. The zero-order chi connectivity index (χ0) is 11.7. The zero-order valence-electron chi connectivity index (χ0n) is 7.66. The summed E-state index contributed by atoms with van der Waals surface area (Å²) in [4.78, 5) is 27.0. The van der Waals surface area contributed by atoms with Gasteiger partial charge in [0.25, 0.3) is 12.4 Å². The molecule has 5 nitrogen and oxygen atoms in total. The Morgan fingerprint density at radius 2 is 2.00 bits per heavy atom. The van der Waals surface area contributed by atoms with Gasteiger partial charge in [0.2, 0.25) is 0 Å². The van der Waals surface area contributed by atoms with E-state index in [1.807, 2.05) is 0 Å². The molecular weight excluding hydrogens is 222 g/mol. The van der Waals surface area contributed by atoms with E-state index in [4.69, 9.17) is 0 Å². The summed E-state index contributed by atoms with van der Waals surface area (Å²) >= 11 is 0.